The van der Waals surface area contributed by atoms with E-state index in [2.05, 4.69) is 0 Å². The van der Waals surface area contributed by atoms with Crippen LogP contribution in [0.2, 0.25) is 0 Å². The molecule has 10 aromatic rings. The molecule has 0 radical (unpaired) electrons. The lowest BCUT2D eigenvalue weighted by Crippen LogP contribution is -2.43. The van der Waals surface area contributed by atoms with Gasteiger partial charge in [0.2, 0.25) is 0 Å². The zero-order chi connectivity index (χ0) is 77.6. The largest absolute Gasteiger partial charge is 0.508 e. The molecule has 6 aliphatic heterocycles. The molecule has 0 bridgehead atoms. The smallest absolute Gasteiger partial charge is 0.402 e. The van der Waals surface area contributed by atoms with Crippen molar-refractivity contribution in [3.63, 3.8) is 0 Å². The fourth-order valence-electron chi connectivity index (χ4n) is 14.2. The Kier molecular flexibility index (Phi) is 16.2. The highest BCUT2D eigenvalue weighted by atomic mass is 19.4. The summed E-state index contributed by atoms with van der Waals surface area (Å²) >= 11 is 0. The van der Waals surface area contributed by atoms with Gasteiger partial charge in [0.25, 0.3) is 70.9 Å². The van der Waals surface area contributed by atoms with Gasteiger partial charge in [-0.05, 0) is 190 Å². The van der Waals surface area contributed by atoms with Crippen LogP contribution < -0.4 is 33.8 Å². The van der Waals surface area contributed by atoms with Crippen LogP contribution >= 0.6 is 0 Å². The number of carbonyl (C=O) groups excluding carboxylic acids is 12. The first kappa shape index (κ1) is 69.7. The first-order valence-electron chi connectivity index (χ1n) is 33.6. The molecule has 0 saturated carbocycles. The van der Waals surface area contributed by atoms with Crippen molar-refractivity contribution in [2.75, 3.05) is 32.8 Å². The summed E-state index contributed by atoms with van der Waals surface area (Å²) in [6, 6.07) is 38.1. The van der Waals surface area contributed by atoms with Gasteiger partial charge in [-0.15, -0.1) is 0 Å². The second-order valence-electron chi connectivity index (χ2n) is 26.6. The fraction of sp³-hybridized carbons (Fsp3) is 0.111. The zero-order valence-corrected chi connectivity index (χ0v) is 57.2. The number of hydrogen-bond acceptors (Lipinski definition) is 20. The van der Waals surface area contributed by atoms with Crippen LogP contribution in [-0.4, -0.2) is 133 Å². The zero-order valence-electron chi connectivity index (χ0n) is 57.2. The van der Waals surface area contributed by atoms with Crippen LogP contribution in [0.4, 0.5) is 35.9 Å². The molecule has 0 aliphatic carbocycles. The second kappa shape index (κ2) is 25.6. The molecule has 110 heavy (non-hydrogen) atoms. The van der Waals surface area contributed by atoms with E-state index in [4.69, 9.17) is 18.9 Å². The van der Waals surface area contributed by atoms with Crippen molar-refractivity contribution >= 4 is 93.6 Å². The van der Waals surface area contributed by atoms with Gasteiger partial charge in [-0.25, -0.2) is 19.6 Å². The maximum absolute atomic E-state index is 16.0. The summed E-state index contributed by atoms with van der Waals surface area (Å²) < 4.78 is 71.9. The minimum Gasteiger partial charge on any atom is -0.508 e. The summed E-state index contributed by atoms with van der Waals surface area (Å²) in [6.07, 6.45) is -5.27. The van der Waals surface area contributed by atoms with Gasteiger partial charge in [-0.1, -0.05) is 24.3 Å². The highest BCUT2D eigenvalue weighted by Gasteiger charge is 2.55. The summed E-state index contributed by atoms with van der Waals surface area (Å²) in [7, 11) is 0. The van der Waals surface area contributed by atoms with Crippen molar-refractivity contribution in [1.29, 1.82) is 0 Å². The van der Waals surface area contributed by atoms with Gasteiger partial charge in [0.15, 0.2) is 0 Å². The van der Waals surface area contributed by atoms with Crippen molar-refractivity contribution in [1.82, 2.24) is 9.80 Å². The molecule has 6 aliphatic rings. The van der Waals surface area contributed by atoms with E-state index in [1.807, 2.05) is 0 Å². The standard InChI is InChI=1S/C81H51F3N6O20/c1-38(85-68(95)52-18-12-46(30-58(52)74(85)101)108-48-14-20-54-60(32-48)76(103)87(70(54)97)42-6-4-8-44(91)28-42)36-107-37-39(2)86-69(96)53-19-13-47(31-59(53)75(86)102)109-50-16-22-56-62(34-50)78(105)89(72(56)99)64-26-40(10-24-66(64)93)80(3,81(82,83)84)41-11-25-67(94)65(27-41)90-73(100)57-23-17-51(35-63(57)79(90)106)110-49-15-21-55-61(33-49)77(104)88(71(55)98)43-7-5-9-45(92)29-43/h4-35,38-39,91-94H,36-37H2,1-3H3. The number of nitrogens with zero attached hydrogens (tertiary/aromatic N) is 6. The molecular formula is C81H51F3N6O20. The topological polar surface area (TPSA) is 342 Å². The number of carbonyl (C=O) groups is 12. The third kappa shape index (κ3) is 11.1. The van der Waals surface area contributed by atoms with Crippen LogP contribution in [0, 0.1) is 0 Å². The van der Waals surface area contributed by atoms with E-state index in [0.717, 1.165) is 75.1 Å². The van der Waals surface area contributed by atoms with E-state index in [1.165, 1.54) is 146 Å². The molecule has 0 spiro atoms. The molecule has 546 valence electrons. The number of ether oxygens (including phenoxy) is 4. The van der Waals surface area contributed by atoms with E-state index >= 15 is 13.2 Å². The maximum Gasteiger partial charge on any atom is 0.402 e. The summed E-state index contributed by atoms with van der Waals surface area (Å²) in [5.74, 6) is -11.4. The molecule has 0 saturated heterocycles. The van der Waals surface area contributed by atoms with Crippen LogP contribution in [0.15, 0.2) is 194 Å². The molecule has 12 amide bonds. The normalized spacial score (nSPS) is 16.1. The van der Waals surface area contributed by atoms with Crippen LogP contribution in [-0.2, 0) is 10.2 Å². The lowest BCUT2D eigenvalue weighted by Gasteiger charge is -2.34. The van der Waals surface area contributed by atoms with Gasteiger partial charge in [0.1, 0.15) is 62.9 Å². The van der Waals surface area contributed by atoms with Crippen molar-refractivity contribution in [2.45, 2.75) is 44.4 Å². The van der Waals surface area contributed by atoms with E-state index in [9.17, 15) is 78.0 Å². The van der Waals surface area contributed by atoms with Crippen LogP contribution in [0.3, 0.4) is 0 Å². The molecule has 3 atom stereocenters. The quantitative estimate of drug-likeness (QED) is 0.0580. The number of phenols is 4. The first-order chi connectivity index (χ1) is 52.5. The van der Waals surface area contributed by atoms with E-state index in [0.29, 0.717) is 9.80 Å². The molecule has 6 heterocycles. The summed E-state index contributed by atoms with van der Waals surface area (Å²) in [5, 5.41) is 42.4. The molecule has 10 aromatic carbocycles. The SMILES string of the molecule is CC(COCC(C)N1C(=O)c2ccc(Oc3ccc4c(c3)C(=O)N(c3cc(C(C)(c5ccc(O)c(N6C(=O)c7ccc(Oc8ccc9c(c8)C(=O)N(c8cccc(O)c8)C9=O)cc7C6=O)c5)C(F)(F)F)ccc3O)C4=O)cc2C1=O)N1C(=O)c2ccc(Oc3ccc4c(c3)C(=O)N(c3cccc(O)c3)C4=O)cc2C1=O. The number of benzene rings is 10. The lowest BCUT2D eigenvalue weighted by molar-refractivity contribution is -0.173. The minimum atomic E-state index is -5.27. The van der Waals surface area contributed by atoms with Crippen LogP contribution in [0.5, 0.6) is 57.5 Å². The van der Waals surface area contributed by atoms with E-state index in [1.54, 1.807) is 13.8 Å². The number of rotatable bonds is 18. The molecule has 16 rings (SSSR count). The number of fused-ring (bicyclic) bond motifs is 6. The molecule has 3 unspecified atom stereocenters. The number of aromatic hydroxyl groups is 4. The molecule has 0 aromatic heterocycles. The number of anilines is 4. The number of amides is 12. The predicted octanol–water partition coefficient (Wildman–Crippen LogP) is 12.6. The van der Waals surface area contributed by atoms with Crippen LogP contribution in [0.1, 0.15) is 156 Å². The Morgan fingerprint density at radius 2 is 0.582 bits per heavy atom. The Hall–Kier alpha value is -14.6. The van der Waals surface area contributed by atoms with Crippen molar-refractivity contribution in [3.05, 3.63) is 272 Å². The van der Waals surface area contributed by atoms with Gasteiger partial charge in [0.05, 0.1) is 115 Å². The third-order valence-electron chi connectivity index (χ3n) is 19.8. The Balaban J connectivity index is 0.562. The summed E-state index contributed by atoms with van der Waals surface area (Å²) in [5.41, 5.74) is -6.47. The van der Waals surface area contributed by atoms with Gasteiger partial charge < -0.3 is 39.4 Å². The third-order valence-corrected chi connectivity index (χ3v) is 19.8. The van der Waals surface area contributed by atoms with Gasteiger partial charge in [0, 0.05) is 12.1 Å². The molecule has 4 N–H and O–H groups in total. The maximum atomic E-state index is 16.0. The summed E-state index contributed by atoms with van der Waals surface area (Å²) in [6.45, 7) is 3.37. The number of halogens is 3. The van der Waals surface area contributed by atoms with E-state index in [-0.39, 0.29) is 137 Å². The predicted molar refractivity (Wildman–Crippen MR) is 379 cm³/mol. The molecular weight excluding hydrogens is 1430 g/mol. The van der Waals surface area contributed by atoms with E-state index < -0.39 is 129 Å². The Morgan fingerprint density at radius 1 is 0.318 bits per heavy atom. The Bertz CT molecular complexity index is 5920. The average molecular weight is 1490 g/mol. The molecule has 26 nitrogen and oxygen atoms in total. The van der Waals surface area contributed by atoms with Gasteiger partial charge >= 0.3 is 6.18 Å². The van der Waals surface area contributed by atoms with Crippen molar-refractivity contribution in [3.8, 4) is 57.5 Å². The number of imide groups is 6. The highest BCUT2D eigenvalue weighted by molar-refractivity contribution is 6.37. The minimum absolute atomic E-state index is 0.00414. The Morgan fingerprint density at radius 3 is 0.882 bits per heavy atom. The first-order valence-corrected chi connectivity index (χ1v) is 33.6. The van der Waals surface area contributed by atoms with Gasteiger partial charge in [-0.2, -0.15) is 13.2 Å². The Labute approximate surface area is 617 Å². The average Bonchev–Trinajstić information content (AvgIpc) is 1.17. The van der Waals surface area contributed by atoms with Crippen molar-refractivity contribution in [2.24, 2.45) is 0 Å². The van der Waals surface area contributed by atoms with Gasteiger partial charge in [-0.3, -0.25) is 67.3 Å². The summed E-state index contributed by atoms with van der Waals surface area (Å²) in [4.78, 5) is 170. The lowest BCUT2D eigenvalue weighted by atomic mass is 9.75. The monoisotopic (exact) mass is 1480 g/mol. The van der Waals surface area contributed by atoms with Crippen molar-refractivity contribution < 1.29 is 110 Å². The fourth-order valence-corrected chi connectivity index (χ4v) is 14.2. The number of phenolic OH excluding ortho intramolecular Hbond substituents is 4. The molecule has 29 heteroatoms. The van der Waals surface area contributed by atoms with Crippen LogP contribution in [0.25, 0.3) is 0 Å². The second-order valence-corrected chi connectivity index (χ2v) is 26.6. The highest BCUT2D eigenvalue weighted by Crippen LogP contribution is 2.51. The number of hydrogen-bond donors (Lipinski definition) is 4. The molecule has 0 fully saturated rings. The number of alkyl halides is 3.